The molecule has 0 atom stereocenters. The Morgan fingerprint density at radius 3 is 2.52 bits per heavy atom. The first-order valence-electron chi connectivity index (χ1n) is 8.31. The third-order valence-electron chi connectivity index (χ3n) is 4.48. The number of benzene rings is 2. The molecule has 0 radical (unpaired) electrons. The molecule has 25 heavy (non-hydrogen) atoms. The normalized spacial score (nSPS) is 11.1. The molecule has 0 unspecified atom stereocenters. The first-order chi connectivity index (χ1) is 12.2. The van der Waals surface area contributed by atoms with Gasteiger partial charge in [0.25, 0.3) is 0 Å². The molecule has 4 nitrogen and oxygen atoms in total. The second-order valence-corrected chi connectivity index (χ2v) is 5.90. The number of ether oxygens (including phenoxy) is 1. The summed E-state index contributed by atoms with van der Waals surface area (Å²) in [5.74, 6) is -0.337. The quantitative estimate of drug-likeness (QED) is 0.517. The van der Waals surface area contributed by atoms with Crippen LogP contribution in [0.4, 0.5) is 0 Å². The van der Waals surface area contributed by atoms with Crippen LogP contribution in [-0.2, 0) is 11.8 Å². The fraction of sp³-hybridized carbons (Fsp3) is 0.143. The van der Waals surface area contributed by atoms with E-state index < -0.39 is 0 Å². The largest absolute Gasteiger partial charge is 0.462 e. The Labute approximate surface area is 145 Å². The molecule has 4 rings (SSSR count). The smallest absolute Gasteiger partial charge is 0.341 e. The van der Waals surface area contributed by atoms with Crippen LogP contribution in [0.1, 0.15) is 17.3 Å². The first kappa shape index (κ1) is 15.4. The van der Waals surface area contributed by atoms with Crippen molar-refractivity contribution in [1.29, 1.82) is 0 Å². The summed E-state index contributed by atoms with van der Waals surface area (Å²) in [4.78, 5) is 17.4. The Morgan fingerprint density at radius 1 is 1.04 bits per heavy atom. The topological polar surface area (TPSA) is 44.1 Å². The van der Waals surface area contributed by atoms with Gasteiger partial charge in [0.15, 0.2) is 0 Å². The summed E-state index contributed by atoms with van der Waals surface area (Å²) in [7, 11) is 1.99. The van der Waals surface area contributed by atoms with Crippen molar-refractivity contribution in [1.82, 2.24) is 9.55 Å². The molecule has 2 heterocycles. The van der Waals surface area contributed by atoms with Gasteiger partial charge in [-0.05, 0) is 13.0 Å². The molecule has 0 bridgehead atoms. The zero-order valence-electron chi connectivity index (χ0n) is 14.2. The van der Waals surface area contributed by atoms with E-state index in [0.29, 0.717) is 17.9 Å². The average Bonchev–Trinajstić information content (AvgIpc) is 2.95. The lowest BCUT2D eigenvalue weighted by molar-refractivity contribution is 0.0529. The SMILES string of the molecule is CCOC(=O)c1c(-c2ccccc2)ncc2c1c1ccccc1n2C. The van der Waals surface area contributed by atoms with Crippen LogP contribution >= 0.6 is 0 Å². The number of fused-ring (bicyclic) bond motifs is 3. The third kappa shape index (κ3) is 2.38. The highest BCUT2D eigenvalue weighted by molar-refractivity contribution is 6.19. The van der Waals surface area contributed by atoms with Crippen molar-refractivity contribution in [2.75, 3.05) is 6.61 Å². The lowest BCUT2D eigenvalue weighted by Crippen LogP contribution is -2.08. The Bertz CT molecular complexity index is 1080. The van der Waals surface area contributed by atoms with Gasteiger partial charge in [-0.15, -0.1) is 0 Å². The molecule has 4 aromatic rings. The number of aryl methyl sites for hydroxylation is 1. The van der Waals surface area contributed by atoms with Crippen LogP contribution in [0, 0.1) is 0 Å². The number of esters is 1. The lowest BCUT2D eigenvalue weighted by atomic mass is 10.0. The van der Waals surface area contributed by atoms with Crippen molar-refractivity contribution in [2.24, 2.45) is 7.05 Å². The molecule has 0 saturated heterocycles. The predicted molar refractivity (Wildman–Crippen MR) is 99.6 cm³/mol. The molecule has 0 N–H and O–H groups in total. The Morgan fingerprint density at radius 2 is 1.76 bits per heavy atom. The van der Waals surface area contributed by atoms with Gasteiger partial charge in [0.1, 0.15) is 0 Å². The molecule has 4 heteroatoms. The van der Waals surface area contributed by atoms with E-state index in [9.17, 15) is 4.79 Å². The zero-order chi connectivity index (χ0) is 17.4. The highest BCUT2D eigenvalue weighted by atomic mass is 16.5. The van der Waals surface area contributed by atoms with Gasteiger partial charge in [-0.1, -0.05) is 48.5 Å². The molecule has 0 aliphatic carbocycles. The number of carbonyl (C=O) groups is 1. The van der Waals surface area contributed by atoms with Crippen LogP contribution in [0.5, 0.6) is 0 Å². The van der Waals surface area contributed by atoms with E-state index in [4.69, 9.17) is 4.74 Å². The summed E-state index contributed by atoms with van der Waals surface area (Å²) >= 11 is 0. The molecule has 0 aliphatic rings. The van der Waals surface area contributed by atoms with Crippen LogP contribution in [-0.4, -0.2) is 22.1 Å². The average molecular weight is 330 g/mol. The van der Waals surface area contributed by atoms with Crippen molar-refractivity contribution in [2.45, 2.75) is 6.92 Å². The minimum atomic E-state index is -0.337. The summed E-state index contributed by atoms with van der Waals surface area (Å²) in [5, 5.41) is 1.92. The summed E-state index contributed by atoms with van der Waals surface area (Å²) in [5.41, 5.74) is 4.07. The van der Waals surface area contributed by atoms with Crippen molar-refractivity contribution in [3.8, 4) is 11.3 Å². The second-order valence-electron chi connectivity index (χ2n) is 5.90. The highest BCUT2D eigenvalue weighted by Crippen LogP contribution is 2.35. The number of aromatic nitrogens is 2. The van der Waals surface area contributed by atoms with Gasteiger partial charge < -0.3 is 9.30 Å². The summed E-state index contributed by atoms with van der Waals surface area (Å²) in [6.07, 6.45) is 1.83. The van der Waals surface area contributed by atoms with E-state index in [1.165, 1.54) is 0 Å². The maximum atomic E-state index is 12.8. The van der Waals surface area contributed by atoms with Crippen LogP contribution in [0.25, 0.3) is 33.1 Å². The Hall–Kier alpha value is -3.14. The highest BCUT2D eigenvalue weighted by Gasteiger charge is 2.23. The number of rotatable bonds is 3. The van der Waals surface area contributed by atoms with Gasteiger partial charge in [-0.3, -0.25) is 4.98 Å². The van der Waals surface area contributed by atoms with Crippen molar-refractivity contribution < 1.29 is 9.53 Å². The van der Waals surface area contributed by atoms with Gasteiger partial charge in [-0.25, -0.2) is 4.79 Å². The summed E-state index contributed by atoms with van der Waals surface area (Å²) in [6.45, 7) is 2.14. The van der Waals surface area contributed by atoms with Crippen molar-refractivity contribution >= 4 is 27.8 Å². The van der Waals surface area contributed by atoms with E-state index in [1.54, 1.807) is 0 Å². The van der Waals surface area contributed by atoms with Gasteiger partial charge in [0, 0.05) is 28.9 Å². The summed E-state index contributed by atoms with van der Waals surface area (Å²) < 4.78 is 7.43. The molecular weight excluding hydrogens is 312 g/mol. The van der Waals surface area contributed by atoms with E-state index in [2.05, 4.69) is 9.55 Å². The lowest BCUT2D eigenvalue weighted by Gasteiger charge is -2.10. The molecule has 2 aromatic carbocycles. The third-order valence-corrected chi connectivity index (χ3v) is 4.48. The van der Waals surface area contributed by atoms with Crippen LogP contribution in [0.2, 0.25) is 0 Å². The van der Waals surface area contributed by atoms with E-state index in [0.717, 1.165) is 27.4 Å². The molecule has 0 amide bonds. The monoisotopic (exact) mass is 330 g/mol. The van der Waals surface area contributed by atoms with Crippen LogP contribution < -0.4 is 0 Å². The van der Waals surface area contributed by atoms with Gasteiger partial charge in [0.2, 0.25) is 0 Å². The fourth-order valence-electron chi connectivity index (χ4n) is 3.35. The van der Waals surface area contributed by atoms with Gasteiger partial charge in [0.05, 0.1) is 29.6 Å². The maximum Gasteiger partial charge on any atom is 0.341 e. The Kier molecular flexibility index (Phi) is 3.73. The van der Waals surface area contributed by atoms with Gasteiger partial charge >= 0.3 is 5.97 Å². The standard InChI is InChI=1S/C21H18N2O2/c1-3-25-21(24)19-18-15-11-7-8-12-16(15)23(2)17(18)13-22-20(19)14-9-5-4-6-10-14/h4-13H,3H2,1-2H3. The Balaban J connectivity index is 2.15. The van der Waals surface area contributed by atoms with Crippen LogP contribution in [0.3, 0.4) is 0 Å². The van der Waals surface area contributed by atoms with Crippen LogP contribution in [0.15, 0.2) is 60.8 Å². The minimum Gasteiger partial charge on any atom is -0.462 e. The molecule has 2 aromatic heterocycles. The predicted octanol–water partition coefficient (Wildman–Crippen LogP) is 4.57. The second kappa shape index (κ2) is 6.06. The number of hydrogen-bond donors (Lipinski definition) is 0. The van der Waals surface area contributed by atoms with Gasteiger partial charge in [-0.2, -0.15) is 0 Å². The molecule has 0 spiro atoms. The van der Waals surface area contributed by atoms with Crippen molar-refractivity contribution in [3.63, 3.8) is 0 Å². The minimum absolute atomic E-state index is 0.328. The number of nitrogens with zero attached hydrogens (tertiary/aromatic N) is 2. The zero-order valence-corrected chi connectivity index (χ0v) is 14.2. The number of hydrogen-bond acceptors (Lipinski definition) is 3. The maximum absolute atomic E-state index is 12.8. The number of pyridine rings is 1. The molecule has 0 fully saturated rings. The van der Waals surface area contributed by atoms with E-state index in [-0.39, 0.29) is 5.97 Å². The molecule has 0 aliphatic heterocycles. The molecular formula is C21H18N2O2. The van der Waals surface area contributed by atoms with Crippen molar-refractivity contribution in [3.05, 3.63) is 66.4 Å². The van der Waals surface area contributed by atoms with E-state index >= 15 is 0 Å². The number of para-hydroxylation sites is 1. The number of carbonyl (C=O) groups excluding carboxylic acids is 1. The molecule has 0 saturated carbocycles. The molecule has 124 valence electrons. The van der Waals surface area contributed by atoms with E-state index in [1.807, 2.05) is 74.8 Å². The fourth-order valence-corrected chi connectivity index (χ4v) is 3.35. The first-order valence-corrected chi connectivity index (χ1v) is 8.31. The summed E-state index contributed by atoms with van der Waals surface area (Å²) in [6, 6.07) is 17.8.